The molecule has 5 rings (SSSR count). The van der Waals surface area contributed by atoms with E-state index in [1.165, 1.54) is 18.5 Å². The maximum absolute atomic E-state index is 12.9. The highest BCUT2D eigenvalue weighted by Gasteiger charge is 2.44. The molecule has 2 aliphatic heterocycles. The second-order valence-corrected chi connectivity index (χ2v) is 10.2. The molecule has 3 aromatic rings. The predicted octanol–water partition coefficient (Wildman–Crippen LogP) is 3.37. The van der Waals surface area contributed by atoms with Crippen LogP contribution in [0.4, 0.5) is 5.69 Å². The minimum absolute atomic E-state index is 0.0896. The van der Waals surface area contributed by atoms with Gasteiger partial charge < -0.3 is 15.1 Å². The lowest BCUT2D eigenvalue weighted by molar-refractivity contribution is 0.0408. The van der Waals surface area contributed by atoms with E-state index in [1.807, 2.05) is 32.0 Å². The number of nitrogens with zero attached hydrogens (tertiary/aromatic N) is 3. The fourth-order valence-corrected chi connectivity index (χ4v) is 5.46. The van der Waals surface area contributed by atoms with Crippen LogP contribution in [0.15, 0.2) is 59.5 Å². The molecule has 2 saturated heterocycles. The zero-order valence-electron chi connectivity index (χ0n) is 18.8. The molecule has 0 radical (unpaired) electrons. The number of rotatable bonds is 4. The highest BCUT2D eigenvalue weighted by atomic mass is 16.3. The maximum Gasteiger partial charge on any atom is 0.262 e. The molecule has 6 heteroatoms. The summed E-state index contributed by atoms with van der Waals surface area (Å²) in [7, 11) is 0. The van der Waals surface area contributed by atoms with Crippen LogP contribution in [-0.4, -0.2) is 58.0 Å². The number of aliphatic hydroxyl groups is 1. The first kappa shape index (κ1) is 21.0. The van der Waals surface area contributed by atoms with Crippen molar-refractivity contribution in [3.8, 4) is 11.4 Å². The normalized spacial score (nSPS) is 21.8. The van der Waals surface area contributed by atoms with Gasteiger partial charge in [0.15, 0.2) is 0 Å². The van der Waals surface area contributed by atoms with Crippen LogP contribution in [0.25, 0.3) is 16.5 Å². The van der Waals surface area contributed by atoms with Gasteiger partial charge in [-0.2, -0.15) is 0 Å². The zero-order chi connectivity index (χ0) is 22.5. The summed E-state index contributed by atoms with van der Waals surface area (Å²) in [5.41, 5.74) is 1.59. The lowest BCUT2D eigenvalue weighted by atomic mass is 9.86. The summed E-state index contributed by atoms with van der Waals surface area (Å²) in [5.74, 6) is 0.160. The van der Waals surface area contributed by atoms with Crippen molar-refractivity contribution in [3.05, 3.63) is 65.1 Å². The van der Waals surface area contributed by atoms with Crippen molar-refractivity contribution in [3.63, 3.8) is 0 Å². The molecule has 2 aromatic carbocycles. The highest BCUT2D eigenvalue weighted by Crippen LogP contribution is 2.41. The molecule has 2 aliphatic rings. The second kappa shape index (κ2) is 7.64. The number of aromatic nitrogens is 1. The van der Waals surface area contributed by atoms with Gasteiger partial charge in [-0.15, -0.1) is 0 Å². The van der Waals surface area contributed by atoms with E-state index in [0.29, 0.717) is 10.8 Å². The van der Waals surface area contributed by atoms with E-state index in [9.17, 15) is 15.0 Å². The number of β-amino-alcohol motifs (C(OH)–C–C–N with tert-alkyl or cyclic N) is 1. The quantitative estimate of drug-likeness (QED) is 0.660. The average Bonchev–Trinajstić information content (AvgIpc) is 3.33. The van der Waals surface area contributed by atoms with Gasteiger partial charge in [0.25, 0.3) is 5.56 Å². The topological polar surface area (TPSA) is 68.9 Å². The Bertz CT molecular complexity index is 1200. The monoisotopic (exact) mass is 433 g/mol. The van der Waals surface area contributed by atoms with Gasteiger partial charge >= 0.3 is 0 Å². The summed E-state index contributed by atoms with van der Waals surface area (Å²) in [6.45, 7) is 8.66. The minimum atomic E-state index is -0.652. The molecule has 6 nitrogen and oxygen atoms in total. The largest absolute Gasteiger partial charge is 0.508 e. The van der Waals surface area contributed by atoms with Crippen molar-refractivity contribution in [1.29, 1.82) is 0 Å². The number of aromatic hydroxyl groups is 1. The van der Waals surface area contributed by atoms with Gasteiger partial charge in [0.05, 0.1) is 5.60 Å². The van der Waals surface area contributed by atoms with E-state index in [4.69, 9.17) is 0 Å². The maximum atomic E-state index is 12.9. The SMILES string of the molecule is CC(C)(O)CN1CC[C@]2(CCN(c3ccc(-n4ccc5cc(O)ccc5c4=O)cc3)C2)C1. The van der Waals surface area contributed by atoms with Crippen molar-refractivity contribution < 1.29 is 10.2 Å². The van der Waals surface area contributed by atoms with E-state index in [2.05, 4.69) is 21.9 Å². The van der Waals surface area contributed by atoms with E-state index in [-0.39, 0.29) is 11.3 Å². The fraction of sp³-hybridized carbons (Fsp3) is 0.423. The third kappa shape index (κ3) is 4.00. The van der Waals surface area contributed by atoms with Crippen LogP contribution in [0.3, 0.4) is 0 Å². The Morgan fingerprint density at radius 2 is 1.69 bits per heavy atom. The lowest BCUT2D eigenvalue weighted by Crippen LogP contribution is -2.39. The average molecular weight is 434 g/mol. The zero-order valence-corrected chi connectivity index (χ0v) is 18.8. The number of phenols is 1. The number of pyridine rings is 1. The van der Waals surface area contributed by atoms with Gasteiger partial charge in [0.2, 0.25) is 0 Å². The molecule has 0 bridgehead atoms. The minimum Gasteiger partial charge on any atom is -0.508 e. The second-order valence-electron chi connectivity index (χ2n) is 10.2. The molecule has 1 aromatic heterocycles. The van der Waals surface area contributed by atoms with E-state index < -0.39 is 5.60 Å². The van der Waals surface area contributed by atoms with Crippen molar-refractivity contribution in [1.82, 2.24) is 9.47 Å². The molecule has 0 saturated carbocycles. The van der Waals surface area contributed by atoms with E-state index in [0.717, 1.165) is 43.8 Å². The predicted molar refractivity (Wildman–Crippen MR) is 128 cm³/mol. The van der Waals surface area contributed by atoms with Gasteiger partial charge in [0, 0.05) is 54.6 Å². The Morgan fingerprint density at radius 1 is 0.969 bits per heavy atom. The Hall–Kier alpha value is -2.83. The molecule has 32 heavy (non-hydrogen) atoms. The van der Waals surface area contributed by atoms with Crippen LogP contribution in [-0.2, 0) is 0 Å². The standard InChI is InChI=1S/C26H31N3O3/c1-25(2,32)16-27-13-10-26(17-27)11-14-28(18-26)20-3-5-21(6-4-20)29-12-9-19-15-22(30)7-8-23(19)24(29)31/h3-9,12,15,30,32H,10-11,13-14,16-18H2,1-2H3/t26-/m0/s1. The summed E-state index contributed by atoms with van der Waals surface area (Å²) in [6, 6.07) is 14.9. The van der Waals surface area contributed by atoms with Crippen molar-refractivity contribution in [2.45, 2.75) is 32.3 Å². The molecule has 3 heterocycles. The molecule has 2 fully saturated rings. The van der Waals surface area contributed by atoms with Crippen molar-refractivity contribution in [2.75, 3.05) is 37.6 Å². The lowest BCUT2D eigenvalue weighted by Gasteiger charge is -2.28. The van der Waals surface area contributed by atoms with Crippen LogP contribution in [0.2, 0.25) is 0 Å². The van der Waals surface area contributed by atoms with Gasteiger partial charge in [0.1, 0.15) is 5.75 Å². The van der Waals surface area contributed by atoms with Crippen LogP contribution in [0, 0.1) is 5.41 Å². The first-order chi connectivity index (χ1) is 15.2. The molecular weight excluding hydrogens is 402 g/mol. The van der Waals surface area contributed by atoms with Gasteiger partial charge in [-0.25, -0.2) is 0 Å². The Kier molecular flexibility index (Phi) is 5.02. The molecular formula is C26H31N3O3. The number of hydrogen-bond donors (Lipinski definition) is 2. The first-order valence-corrected chi connectivity index (χ1v) is 11.4. The van der Waals surface area contributed by atoms with E-state index in [1.54, 1.807) is 29.0 Å². The summed E-state index contributed by atoms with van der Waals surface area (Å²) < 4.78 is 1.65. The number of anilines is 1. The third-order valence-electron chi connectivity index (χ3n) is 6.95. The molecule has 0 amide bonds. The molecule has 0 unspecified atom stereocenters. The van der Waals surface area contributed by atoms with Crippen LogP contribution < -0.4 is 10.5 Å². The fourth-order valence-electron chi connectivity index (χ4n) is 5.46. The Balaban J connectivity index is 1.32. The van der Waals surface area contributed by atoms with Crippen molar-refractivity contribution >= 4 is 16.5 Å². The Morgan fingerprint density at radius 3 is 2.44 bits per heavy atom. The van der Waals surface area contributed by atoms with Crippen LogP contribution in [0.1, 0.15) is 26.7 Å². The smallest absolute Gasteiger partial charge is 0.262 e. The summed E-state index contributed by atoms with van der Waals surface area (Å²) in [6.07, 6.45) is 4.12. The summed E-state index contributed by atoms with van der Waals surface area (Å²) in [4.78, 5) is 17.8. The first-order valence-electron chi connectivity index (χ1n) is 11.4. The number of hydrogen-bond acceptors (Lipinski definition) is 5. The van der Waals surface area contributed by atoms with Gasteiger partial charge in [-0.05, 0) is 87.2 Å². The van der Waals surface area contributed by atoms with Crippen LogP contribution in [0.5, 0.6) is 5.75 Å². The van der Waals surface area contributed by atoms with Crippen molar-refractivity contribution in [2.24, 2.45) is 5.41 Å². The number of fused-ring (bicyclic) bond motifs is 1. The molecule has 1 atom stereocenters. The summed E-state index contributed by atoms with van der Waals surface area (Å²) >= 11 is 0. The molecule has 168 valence electrons. The number of phenolic OH excluding ortho intramolecular Hbond substituents is 1. The number of likely N-dealkylation sites (tertiary alicyclic amines) is 1. The van der Waals surface area contributed by atoms with Gasteiger partial charge in [-0.3, -0.25) is 14.3 Å². The highest BCUT2D eigenvalue weighted by molar-refractivity contribution is 5.83. The number of benzene rings is 2. The Labute approximate surface area is 188 Å². The van der Waals surface area contributed by atoms with Crippen LogP contribution >= 0.6 is 0 Å². The van der Waals surface area contributed by atoms with E-state index >= 15 is 0 Å². The summed E-state index contributed by atoms with van der Waals surface area (Å²) in [5, 5.41) is 21.1. The molecule has 0 aliphatic carbocycles. The molecule has 2 N–H and O–H groups in total. The molecule has 1 spiro atoms. The third-order valence-corrected chi connectivity index (χ3v) is 6.95. The van der Waals surface area contributed by atoms with Gasteiger partial charge in [-0.1, -0.05) is 0 Å².